The summed E-state index contributed by atoms with van der Waals surface area (Å²) < 4.78 is 69.1. The van der Waals surface area contributed by atoms with Gasteiger partial charge in [-0.05, 0) is 73.0 Å². The number of carbonyl (C=O) groups excluding carboxylic acids is 1. The number of aromatic nitrogens is 1. The lowest BCUT2D eigenvalue weighted by molar-refractivity contribution is -0.123. The topological polar surface area (TPSA) is 105 Å². The molecular formula is C30H27ClFN3O5S2. The fourth-order valence-electron chi connectivity index (χ4n) is 5.04. The van der Waals surface area contributed by atoms with Gasteiger partial charge in [-0.3, -0.25) is 9.78 Å². The van der Waals surface area contributed by atoms with Crippen molar-refractivity contribution in [2.24, 2.45) is 0 Å². The Labute approximate surface area is 249 Å². The number of sulfone groups is 1. The summed E-state index contributed by atoms with van der Waals surface area (Å²) in [5.41, 5.74) is 1.09. The SMILES string of the molecule is CS(=O)(=O)c1ccccc1-c1ccc(N2CCCC(N(Cc3ccccn3)S(=O)(=O)c3ccc(Cl)cc3)C2=O)c(F)c1. The van der Waals surface area contributed by atoms with Crippen molar-refractivity contribution in [1.29, 1.82) is 0 Å². The van der Waals surface area contributed by atoms with Crippen molar-refractivity contribution >= 4 is 43.1 Å². The summed E-state index contributed by atoms with van der Waals surface area (Å²) in [5, 5.41) is 0.364. The highest BCUT2D eigenvalue weighted by Crippen LogP contribution is 2.34. The lowest BCUT2D eigenvalue weighted by atomic mass is 10.0. The summed E-state index contributed by atoms with van der Waals surface area (Å²) in [6, 6.07) is 20.1. The molecule has 1 aliphatic rings. The summed E-state index contributed by atoms with van der Waals surface area (Å²) in [6.45, 7) is 0.0175. The molecule has 1 amide bonds. The lowest BCUT2D eigenvalue weighted by Crippen LogP contribution is -2.54. The molecule has 0 saturated carbocycles. The molecule has 42 heavy (non-hydrogen) atoms. The molecule has 12 heteroatoms. The Morgan fingerprint density at radius 1 is 0.976 bits per heavy atom. The van der Waals surface area contributed by atoms with E-state index in [1.54, 1.807) is 42.5 Å². The third-order valence-corrected chi connectivity index (χ3v) is 10.3. The maximum absolute atomic E-state index is 15.6. The van der Waals surface area contributed by atoms with Crippen LogP contribution in [0.5, 0.6) is 0 Å². The molecule has 5 rings (SSSR count). The van der Waals surface area contributed by atoms with Gasteiger partial charge in [-0.15, -0.1) is 0 Å². The first-order chi connectivity index (χ1) is 20.0. The molecule has 8 nitrogen and oxygen atoms in total. The second-order valence-electron chi connectivity index (χ2n) is 9.91. The Balaban J connectivity index is 1.51. The van der Waals surface area contributed by atoms with Gasteiger partial charge < -0.3 is 4.90 Å². The lowest BCUT2D eigenvalue weighted by Gasteiger charge is -2.38. The number of nitrogens with zero attached hydrogens (tertiary/aromatic N) is 3. The van der Waals surface area contributed by atoms with Crippen molar-refractivity contribution in [3.63, 3.8) is 0 Å². The quantitative estimate of drug-likeness (QED) is 0.262. The number of carbonyl (C=O) groups is 1. The van der Waals surface area contributed by atoms with Gasteiger partial charge in [0.25, 0.3) is 0 Å². The van der Waals surface area contributed by atoms with Crippen molar-refractivity contribution in [3.05, 3.63) is 108 Å². The smallest absolute Gasteiger partial charge is 0.245 e. The van der Waals surface area contributed by atoms with E-state index < -0.39 is 37.6 Å². The minimum Gasteiger partial charge on any atom is -0.308 e. The van der Waals surface area contributed by atoms with Crippen molar-refractivity contribution in [2.45, 2.75) is 35.2 Å². The number of pyridine rings is 1. The van der Waals surface area contributed by atoms with E-state index >= 15 is 4.39 Å². The number of anilines is 1. The van der Waals surface area contributed by atoms with Gasteiger partial charge in [0.05, 0.1) is 27.7 Å². The van der Waals surface area contributed by atoms with Gasteiger partial charge in [0.1, 0.15) is 11.9 Å². The Hall–Kier alpha value is -3.64. The minimum absolute atomic E-state index is 0.0213. The van der Waals surface area contributed by atoms with Crippen LogP contribution in [0.1, 0.15) is 18.5 Å². The van der Waals surface area contributed by atoms with Crippen molar-refractivity contribution in [3.8, 4) is 11.1 Å². The average Bonchev–Trinajstić information content (AvgIpc) is 2.97. The fraction of sp³-hybridized carbons (Fsp3) is 0.200. The maximum atomic E-state index is 15.6. The molecule has 1 aliphatic heterocycles. The van der Waals surface area contributed by atoms with Crippen LogP contribution in [0.25, 0.3) is 11.1 Å². The fourth-order valence-corrected chi connectivity index (χ4v) is 7.66. The second-order valence-corrected chi connectivity index (χ2v) is 14.2. The van der Waals surface area contributed by atoms with E-state index in [2.05, 4.69) is 4.98 Å². The summed E-state index contributed by atoms with van der Waals surface area (Å²) in [5.74, 6) is -1.31. The number of halogens is 2. The van der Waals surface area contributed by atoms with Crippen LogP contribution < -0.4 is 4.90 Å². The van der Waals surface area contributed by atoms with Crippen molar-refractivity contribution in [2.75, 3.05) is 17.7 Å². The number of hydrogen-bond donors (Lipinski definition) is 0. The molecule has 3 aromatic carbocycles. The van der Waals surface area contributed by atoms with Crippen LogP contribution in [-0.4, -0.2) is 50.9 Å². The summed E-state index contributed by atoms with van der Waals surface area (Å²) in [4.78, 5) is 19.4. The van der Waals surface area contributed by atoms with Crippen LogP contribution in [-0.2, 0) is 31.2 Å². The predicted octanol–water partition coefficient (Wildman–Crippen LogP) is 5.33. The molecule has 1 saturated heterocycles. The average molecular weight is 628 g/mol. The maximum Gasteiger partial charge on any atom is 0.245 e. The molecule has 0 radical (unpaired) electrons. The number of hydrogen-bond acceptors (Lipinski definition) is 6. The molecule has 4 aromatic rings. The van der Waals surface area contributed by atoms with E-state index in [4.69, 9.17) is 11.6 Å². The molecule has 1 atom stereocenters. The minimum atomic E-state index is -4.19. The Kier molecular flexibility index (Phi) is 8.47. The largest absolute Gasteiger partial charge is 0.308 e. The first-order valence-corrected chi connectivity index (χ1v) is 16.8. The monoisotopic (exact) mass is 627 g/mol. The van der Waals surface area contributed by atoms with Crippen LogP contribution in [0.4, 0.5) is 10.1 Å². The van der Waals surface area contributed by atoms with Gasteiger partial charge in [0, 0.05) is 29.6 Å². The number of rotatable bonds is 8. The van der Waals surface area contributed by atoms with Crippen LogP contribution in [0.3, 0.4) is 0 Å². The summed E-state index contributed by atoms with van der Waals surface area (Å²) in [7, 11) is -7.77. The highest BCUT2D eigenvalue weighted by atomic mass is 35.5. The van der Waals surface area contributed by atoms with Crippen molar-refractivity contribution in [1.82, 2.24) is 9.29 Å². The number of piperidine rings is 1. The molecule has 1 unspecified atom stereocenters. The molecule has 218 valence electrons. The van der Waals surface area contributed by atoms with E-state index in [0.717, 1.165) is 10.6 Å². The van der Waals surface area contributed by atoms with Gasteiger partial charge in [-0.1, -0.05) is 41.9 Å². The van der Waals surface area contributed by atoms with Crippen molar-refractivity contribution < 1.29 is 26.0 Å². The van der Waals surface area contributed by atoms with Gasteiger partial charge in [-0.25, -0.2) is 21.2 Å². The number of sulfonamides is 1. The van der Waals surface area contributed by atoms with Gasteiger partial charge >= 0.3 is 0 Å². The number of amides is 1. The van der Waals surface area contributed by atoms with Gasteiger partial charge in [0.2, 0.25) is 15.9 Å². The number of benzene rings is 3. The predicted molar refractivity (Wildman–Crippen MR) is 159 cm³/mol. The second kappa shape index (κ2) is 11.9. The van der Waals surface area contributed by atoms with E-state index in [-0.39, 0.29) is 35.0 Å². The van der Waals surface area contributed by atoms with E-state index in [9.17, 15) is 21.6 Å². The highest BCUT2D eigenvalue weighted by molar-refractivity contribution is 7.90. The van der Waals surface area contributed by atoms with Gasteiger partial charge in [0.15, 0.2) is 9.84 Å². The summed E-state index contributed by atoms with van der Waals surface area (Å²) >= 11 is 5.98. The Bertz CT molecular complexity index is 1840. The first kappa shape index (κ1) is 29.8. The molecule has 2 heterocycles. The van der Waals surface area contributed by atoms with Crippen LogP contribution >= 0.6 is 11.6 Å². The molecule has 1 fully saturated rings. The zero-order chi connectivity index (χ0) is 30.1. The van der Waals surface area contributed by atoms with E-state index in [1.807, 2.05) is 0 Å². The van der Waals surface area contributed by atoms with E-state index in [1.165, 1.54) is 53.6 Å². The first-order valence-electron chi connectivity index (χ1n) is 13.0. The molecule has 1 aromatic heterocycles. The van der Waals surface area contributed by atoms with Gasteiger partial charge in [-0.2, -0.15) is 4.31 Å². The third-order valence-electron chi connectivity index (χ3n) is 7.06. The summed E-state index contributed by atoms with van der Waals surface area (Å²) in [6.07, 6.45) is 3.27. The van der Waals surface area contributed by atoms with Crippen LogP contribution in [0, 0.1) is 5.82 Å². The van der Waals surface area contributed by atoms with Crippen LogP contribution in [0.2, 0.25) is 5.02 Å². The molecular weight excluding hydrogens is 601 g/mol. The van der Waals surface area contributed by atoms with Crippen LogP contribution in [0.15, 0.2) is 101 Å². The highest BCUT2D eigenvalue weighted by Gasteiger charge is 2.41. The Morgan fingerprint density at radius 3 is 2.36 bits per heavy atom. The normalized spacial score (nSPS) is 16.1. The molecule has 0 N–H and O–H groups in total. The molecule has 0 spiro atoms. The Morgan fingerprint density at radius 2 is 1.69 bits per heavy atom. The standard InChI is InChI=1S/C30H27ClFN3O5S2/c1-41(37,38)29-10-3-2-8-25(29)21-11-16-27(26(32)19-21)34-18-6-9-28(30(34)36)35(20-23-7-4-5-17-33-23)42(39,40)24-14-12-22(31)13-15-24/h2-5,7-8,10-17,19,28H,6,9,18,20H2,1H3. The zero-order valence-electron chi connectivity index (χ0n) is 22.5. The molecule has 0 bridgehead atoms. The van der Waals surface area contributed by atoms with E-state index in [0.29, 0.717) is 28.3 Å². The molecule has 0 aliphatic carbocycles. The zero-order valence-corrected chi connectivity index (χ0v) is 24.9. The third kappa shape index (κ3) is 6.10.